The molecule has 1 aromatic heterocycles. The smallest absolute Gasteiger partial charge is 0.256 e. The van der Waals surface area contributed by atoms with Crippen LogP contribution in [0, 0.1) is 6.92 Å². The zero-order valence-electron chi connectivity index (χ0n) is 19.1. The lowest BCUT2D eigenvalue weighted by atomic mass is 10.0. The number of ether oxygens (including phenoxy) is 1. The van der Waals surface area contributed by atoms with E-state index in [1.54, 1.807) is 67.2 Å². The van der Waals surface area contributed by atoms with Gasteiger partial charge in [-0.3, -0.25) is 9.59 Å². The molecule has 0 aliphatic heterocycles. The summed E-state index contributed by atoms with van der Waals surface area (Å²) in [5, 5.41) is 7.98. The molecule has 0 fully saturated rings. The molecule has 0 bridgehead atoms. The molecule has 0 saturated heterocycles. The highest BCUT2D eigenvalue weighted by atomic mass is 35.5. The van der Waals surface area contributed by atoms with E-state index in [1.807, 2.05) is 24.3 Å². The van der Waals surface area contributed by atoms with Crippen molar-refractivity contribution in [2.75, 3.05) is 12.4 Å². The van der Waals surface area contributed by atoms with Crippen LogP contribution in [0.2, 0.25) is 5.02 Å². The van der Waals surface area contributed by atoms with E-state index in [-0.39, 0.29) is 17.2 Å². The summed E-state index contributed by atoms with van der Waals surface area (Å²) in [5.74, 6) is 0.567. The maximum absolute atomic E-state index is 13.3. The number of anilines is 1. The minimum Gasteiger partial charge on any atom is -0.497 e. The van der Waals surface area contributed by atoms with Gasteiger partial charge in [0.25, 0.3) is 5.91 Å². The Morgan fingerprint density at radius 1 is 1.00 bits per heavy atom. The van der Waals surface area contributed by atoms with Gasteiger partial charge in [-0.15, -0.1) is 0 Å². The molecule has 4 rings (SSSR count). The molecular formula is C27H24ClN3O3. The summed E-state index contributed by atoms with van der Waals surface area (Å²) in [6, 6.07) is 21.5. The van der Waals surface area contributed by atoms with E-state index in [9.17, 15) is 9.59 Å². The summed E-state index contributed by atoms with van der Waals surface area (Å²) in [6.45, 7) is 3.74. The molecule has 1 heterocycles. The van der Waals surface area contributed by atoms with Gasteiger partial charge in [0.15, 0.2) is 0 Å². The number of aryl methyl sites for hydroxylation is 2. The molecule has 0 spiro atoms. The van der Waals surface area contributed by atoms with Crippen LogP contribution in [0.3, 0.4) is 0 Å². The average molecular weight is 474 g/mol. The second-order valence-electron chi connectivity index (χ2n) is 7.76. The molecule has 6 nitrogen and oxygen atoms in total. The molecule has 172 valence electrons. The number of benzene rings is 3. The highest BCUT2D eigenvalue weighted by Gasteiger charge is 2.21. The SMILES string of the molecule is CCc1ccc(-n2nc(C)c(=O)c(-c3ccc(OC)cc3)c2NC(=O)c2ccc(Cl)cc2)cc1. The zero-order valence-corrected chi connectivity index (χ0v) is 19.9. The highest BCUT2D eigenvalue weighted by molar-refractivity contribution is 6.30. The number of halogens is 1. The van der Waals surface area contributed by atoms with Crippen molar-refractivity contribution in [2.24, 2.45) is 0 Å². The Balaban J connectivity index is 1.92. The van der Waals surface area contributed by atoms with Crippen LogP contribution in [0.5, 0.6) is 5.75 Å². The topological polar surface area (TPSA) is 73.2 Å². The van der Waals surface area contributed by atoms with Crippen molar-refractivity contribution in [3.8, 4) is 22.6 Å². The summed E-state index contributed by atoms with van der Waals surface area (Å²) in [4.78, 5) is 26.5. The molecule has 0 radical (unpaired) electrons. The van der Waals surface area contributed by atoms with E-state index in [1.165, 1.54) is 5.56 Å². The molecule has 0 atom stereocenters. The van der Waals surface area contributed by atoms with Gasteiger partial charge in [-0.2, -0.15) is 5.10 Å². The Hall–Kier alpha value is -3.90. The van der Waals surface area contributed by atoms with Gasteiger partial charge in [0.05, 0.1) is 18.4 Å². The van der Waals surface area contributed by atoms with Crippen molar-refractivity contribution in [2.45, 2.75) is 20.3 Å². The van der Waals surface area contributed by atoms with Crippen LogP contribution in [0.15, 0.2) is 77.6 Å². The molecule has 0 saturated carbocycles. The fraction of sp³-hybridized carbons (Fsp3) is 0.148. The molecule has 0 aliphatic carbocycles. The number of carbonyl (C=O) groups excluding carboxylic acids is 1. The Kier molecular flexibility index (Phi) is 6.80. The van der Waals surface area contributed by atoms with Gasteiger partial charge in [0, 0.05) is 10.6 Å². The van der Waals surface area contributed by atoms with Gasteiger partial charge < -0.3 is 10.1 Å². The molecule has 0 aliphatic rings. The largest absolute Gasteiger partial charge is 0.497 e. The molecule has 0 unspecified atom stereocenters. The third-order valence-corrected chi connectivity index (χ3v) is 5.81. The normalized spacial score (nSPS) is 10.7. The third kappa shape index (κ3) is 4.72. The van der Waals surface area contributed by atoms with Gasteiger partial charge in [0.2, 0.25) is 5.43 Å². The summed E-state index contributed by atoms with van der Waals surface area (Å²) in [5.41, 5.74) is 3.34. The first-order valence-corrected chi connectivity index (χ1v) is 11.2. The molecule has 7 heteroatoms. The fourth-order valence-electron chi connectivity index (χ4n) is 3.62. The number of nitrogens with one attached hydrogen (secondary N) is 1. The zero-order chi connectivity index (χ0) is 24.2. The highest BCUT2D eigenvalue weighted by Crippen LogP contribution is 2.29. The molecule has 1 N–H and O–H groups in total. The van der Waals surface area contributed by atoms with Crippen molar-refractivity contribution >= 4 is 23.3 Å². The van der Waals surface area contributed by atoms with E-state index < -0.39 is 0 Å². The van der Waals surface area contributed by atoms with Crippen LogP contribution in [0.25, 0.3) is 16.8 Å². The first kappa shape index (κ1) is 23.3. The van der Waals surface area contributed by atoms with E-state index in [0.29, 0.717) is 33.2 Å². The van der Waals surface area contributed by atoms with Gasteiger partial charge in [-0.25, -0.2) is 4.68 Å². The minimum absolute atomic E-state index is 0.266. The van der Waals surface area contributed by atoms with Crippen LogP contribution < -0.4 is 15.5 Å². The number of carbonyl (C=O) groups is 1. The number of methoxy groups -OCH3 is 1. The van der Waals surface area contributed by atoms with Crippen LogP contribution in [0.4, 0.5) is 5.82 Å². The van der Waals surface area contributed by atoms with Gasteiger partial charge in [0.1, 0.15) is 17.3 Å². The number of hydrogen-bond acceptors (Lipinski definition) is 4. The van der Waals surface area contributed by atoms with Crippen LogP contribution in [0.1, 0.15) is 28.5 Å². The fourth-order valence-corrected chi connectivity index (χ4v) is 3.75. The first-order valence-electron chi connectivity index (χ1n) is 10.9. The van der Waals surface area contributed by atoms with Crippen molar-refractivity contribution in [1.29, 1.82) is 0 Å². The predicted molar refractivity (Wildman–Crippen MR) is 135 cm³/mol. The maximum atomic E-state index is 13.3. The second-order valence-corrected chi connectivity index (χ2v) is 8.20. The van der Waals surface area contributed by atoms with Gasteiger partial charge in [-0.05, 0) is 73.0 Å². The van der Waals surface area contributed by atoms with Crippen molar-refractivity contribution in [3.05, 3.63) is 105 Å². The third-order valence-electron chi connectivity index (χ3n) is 5.56. The van der Waals surface area contributed by atoms with Crippen LogP contribution in [-0.2, 0) is 6.42 Å². The van der Waals surface area contributed by atoms with Crippen molar-refractivity contribution in [1.82, 2.24) is 9.78 Å². The lowest BCUT2D eigenvalue weighted by Gasteiger charge is -2.19. The van der Waals surface area contributed by atoms with E-state index in [4.69, 9.17) is 16.3 Å². The summed E-state index contributed by atoms with van der Waals surface area (Å²) < 4.78 is 6.86. The number of amides is 1. The van der Waals surface area contributed by atoms with E-state index in [2.05, 4.69) is 17.3 Å². The standard InChI is InChI=1S/C27H24ClN3O3/c1-4-18-5-13-22(14-6-18)31-26(29-27(33)20-7-11-21(28)12-8-20)24(25(32)17(2)30-31)19-9-15-23(34-3)16-10-19/h5-16H,4H2,1-3H3,(H,29,33). The first-order chi connectivity index (χ1) is 16.4. The molecule has 4 aromatic rings. The number of rotatable bonds is 6. The lowest BCUT2D eigenvalue weighted by Crippen LogP contribution is -2.25. The molecular weight excluding hydrogens is 450 g/mol. The number of nitrogens with zero attached hydrogens (tertiary/aromatic N) is 2. The monoisotopic (exact) mass is 473 g/mol. The Bertz CT molecular complexity index is 1380. The van der Waals surface area contributed by atoms with E-state index in [0.717, 1.165) is 12.1 Å². The summed E-state index contributed by atoms with van der Waals surface area (Å²) >= 11 is 5.98. The Morgan fingerprint density at radius 3 is 2.24 bits per heavy atom. The maximum Gasteiger partial charge on any atom is 0.256 e. The lowest BCUT2D eigenvalue weighted by molar-refractivity contribution is 0.102. The number of hydrogen-bond donors (Lipinski definition) is 1. The molecule has 1 amide bonds. The van der Waals surface area contributed by atoms with Crippen LogP contribution >= 0.6 is 11.6 Å². The predicted octanol–water partition coefficient (Wildman–Crippen LogP) is 5.68. The molecule has 34 heavy (non-hydrogen) atoms. The Morgan fingerprint density at radius 2 is 1.65 bits per heavy atom. The second kappa shape index (κ2) is 9.93. The molecule has 3 aromatic carbocycles. The summed E-state index contributed by atoms with van der Waals surface area (Å²) in [7, 11) is 1.58. The Labute approximate surface area is 202 Å². The minimum atomic E-state index is -0.379. The van der Waals surface area contributed by atoms with Gasteiger partial charge in [-0.1, -0.05) is 42.8 Å². The number of aromatic nitrogens is 2. The van der Waals surface area contributed by atoms with Crippen molar-refractivity contribution in [3.63, 3.8) is 0 Å². The van der Waals surface area contributed by atoms with Crippen molar-refractivity contribution < 1.29 is 9.53 Å². The average Bonchev–Trinajstić information content (AvgIpc) is 2.87. The van der Waals surface area contributed by atoms with Gasteiger partial charge >= 0.3 is 0 Å². The quantitative estimate of drug-likeness (QED) is 0.390. The van der Waals surface area contributed by atoms with Crippen LogP contribution in [-0.4, -0.2) is 22.8 Å². The summed E-state index contributed by atoms with van der Waals surface area (Å²) in [6.07, 6.45) is 0.897. The van der Waals surface area contributed by atoms with E-state index >= 15 is 0 Å².